The number of ether oxygens (including phenoxy) is 1. The van der Waals surface area contributed by atoms with Crippen LogP contribution in [0.5, 0.6) is 0 Å². The lowest BCUT2D eigenvalue weighted by Crippen LogP contribution is -2.29. The highest BCUT2D eigenvalue weighted by Crippen LogP contribution is 2.35. The molecule has 1 aromatic carbocycles. The van der Waals surface area contributed by atoms with Crippen LogP contribution < -0.4 is 10.2 Å². The number of aliphatic hydroxyl groups excluding tert-OH is 1. The Labute approximate surface area is 121 Å². The molecule has 1 aliphatic rings. The van der Waals surface area contributed by atoms with Gasteiger partial charge in [0.25, 0.3) is 5.91 Å². The van der Waals surface area contributed by atoms with E-state index in [1.54, 1.807) is 4.90 Å². The summed E-state index contributed by atoms with van der Waals surface area (Å²) in [5.41, 5.74) is 0.895. The number of nitriles is 1. The van der Waals surface area contributed by atoms with Crippen molar-refractivity contribution in [3.05, 3.63) is 23.5 Å². The summed E-state index contributed by atoms with van der Waals surface area (Å²) in [7, 11) is 1.54. The van der Waals surface area contributed by atoms with Crippen LogP contribution in [0.4, 0.5) is 15.8 Å². The molecule has 0 radical (unpaired) electrons. The molecule has 2 N–H and O–H groups in total. The van der Waals surface area contributed by atoms with Crippen molar-refractivity contribution in [3.8, 4) is 6.07 Å². The fraction of sp³-hybridized carbons (Fsp3) is 0.429. The number of benzene rings is 1. The van der Waals surface area contributed by atoms with Crippen LogP contribution in [0.2, 0.25) is 0 Å². The molecule has 1 unspecified atom stereocenters. The topological polar surface area (TPSA) is 85.6 Å². The van der Waals surface area contributed by atoms with E-state index in [0.29, 0.717) is 25.4 Å². The Hall–Kier alpha value is -2.17. The molecule has 1 aromatic rings. The predicted molar refractivity (Wildman–Crippen MR) is 74.3 cm³/mol. The monoisotopic (exact) mass is 293 g/mol. The van der Waals surface area contributed by atoms with E-state index < -0.39 is 17.8 Å². The Morgan fingerprint density at radius 2 is 2.29 bits per heavy atom. The molecule has 0 fully saturated rings. The summed E-state index contributed by atoms with van der Waals surface area (Å²) in [6.07, 6.45) is -1.09. The highest BCUT2D eigenvalue weighted by Gasteiger charge is 2.30. The number of nitrogens with one attached hydrogen (secondary N) is 1. The van der Waals surface area contributed by atoms with Crippen molar-refractivity contribution >= 4 is 17.3 Å². The third-order valence-corrected chi connectivity index (χ3v) is 3.32. The second-order valence-corrected chi connectivity index (χ2v) is 4.67. The number of hydrogen-bond donors (Lipinski definition) is 2. The zero-order valence-corrected chi connectivity index (χ0v) is 11.6. The average Bonchev–Trinajstić information content (AvgIpc) is 2.74. The number of methoxy groups -OCH3 is 1. The lowest BCUT2D eigenvalue weighted by atomic mass is 10.1. The molecule has 0 saturated carbocycles. The summed E-state index contributed by atoms with van der Waals surface area (Å²) in [6.45, 7) is 1.16. The smallest absolute Gasteiger partial charge is 0.257 e. The molecular formula is C14H16FN3O3. The lowest BCUT2D eigenvalue weighted by molar-refractivity contribution is -0.123. The number of anilines is 2. The Morgan fingerprint density at radius 1 is 1.52 bits per heavy atom. The molecule has 21 heavy (non-hydrogen) atoms. The molecule has 1 atom stereocenters. The van der Waals surface area contributed by atoms with E-state index in [0.717, 1.165) is 6.07 Å². The first-order valence-corrected chi connectivity index (χ1v) is 6.51. The minimum absolute atomic E-state index is 0.230. The van der Waals surface area contributed by atoms with Gasteiger partial charge in [-0.1, -0.05) is 0 Å². The standard InChI is InChI=1S/C14H16FN3O3/c1-21-6-5-18(4-2-3-16)12-8-11-9(7-10(12)15)13(19)14(20)17-11/h7-8,13,19H,2,4-6H2,1H3,(H,17,20). The summed E-state index contributed by atoms with van der Waals surface area (Å²) in [4.78, 5) is 13.1. The zero-order valence-electron chi connectivity index (χ0n) is 11.6. The van der Waals surface area contributed by atoms with Crippen LogP contribution in [-0.2, 0) is 9.53 Å². The van der Waals surface area contributed by atoms with Gasteiger partial charge >= 0.3 is 0 Å². The van der Waals surface area contributed by atoms with E-state index in [1.807, 2.05) is 6.07 Å². The number of aliphatic hydroxyl groups is 1. The number of rotatable bonds is 6. The maximum absolute atomic E-state index is 14.2. The first-order valence-electron chi connectivity index (χ1n) is 6.51. The first kappa shape index (κ1) is 15.2. The number of amides is 1. The van der Waals surface area contributed by atoms with Gasteiger partial charge in [-0.25, -0.2) is 4.39 Å². The van der Waals surface area contributed by atoms with Crippen molar-refractivity contribution < 1.29 is 19.0 Å². The Balaban J connectivity index is 2.31. The van der Waals surface area contributed by atoms with Crippen molar-refractivity contribution in [2.45, 2.75) is 12.5 Å². The van der Waals surface area contributed by atoms with Gasteiger partial charge in [-0.15, -0.1) is 0 Å². The van der Waals surface area contributed by atoms with Gasteiger partial charge in [-0.3, -0.25) is 4.79 Å². The summed E-state index contributed by atoms with van der Waals surface area (Å²) in [5.74, 6) is -1.11. The normalized spacial score (nSPS) is 16.3. The molecule has 7 heteroatoms. The third-order valence-electron chi connectivity index (χ3n) is 3.32. The van der Waals surface area contributed by atoms with E-state index in [2.05, 4.69) is 5.32 Å². The van der Waals surface area contributed by atoms with Crippen LogP contribution in [0.1, 0.15) is 18.1 Å². The quantitative estimate of drug-likeness (QED) is 0.822. The minimum Gasteiger partial charge on any atom is -0.383 e. The fourth-order valence-electron chi connectivity index (χ4n) is 2.24. The first-order chi connectivity index (χ1) is 10.1. The SMILES string of the molecule is COCCN(CCC#N)c1cc2c(cc1F)C(O)C(=O)N2. The molecule has 0 aromatic heterocycles. The summed E-state index contributed by atoms with van der Waals surface area (Å²) >= 11 is 0. The summed E-state index contributed by atoms with van der Waals surface area (Å²) < 4.78 is 19.2. The third kappa shape index (κ3) is 3.12. The van der Waals surface area contributed by atoms with Crippen molar-refractivity contribution in [2.75, 3.05) is 37.0 Å². The van der Waals surface area contributed by atoms with Gasteiger partial charge in [0.05, 0.1) is 24.8 Å². The lowest BCUT2D eigenvalue weighted by Gasteiger charge is -2.24. The largest absolute Gasteiger partial charge is 0.383 e. The van der Waals surface area contributed by atoms with Crippen molar-refractivity contribution in [1.29, 1.82) is 5.26 Å². The van der Waals surface area contributed by atoms with Gasteiger partial charge in [-0.05, 0) is 12.1 Å². The number of carbonyl (C=O) groups excluding carboxylic acids is 1. The van der Waals surface area contributed by atoms with E-state index in [1.165, 1.54) is 13.2 Å². The fourth-order valence-corrected chi connectivity index (χ4v) is 2.24. The second kappa shape index (κ2) is 6.52. The maximum Gasteiger partial charge on any atom is 0.257 e. The van der Waals surface area contributed by atoms with Crippen molar-refractivity contribution in [2.24, 2.45) is 0 Å². The van der Waals surface area contributed by atoms with E-state index in [-0.39, 0.29) is 17.7 Å². The molecule has 0 spiro atoms. The molecule has 0 saturated heterocycles. The van der Waals surface area contributed by atoms with Crippen LogP contribution in [-0.4, -0.2) is 37.8 Å². The number of carbonyl (C=O) groups is 1. The van der Waals surface area contributed by atoms with Crippen LogP contribution in [0.25, 0.3) is 0 Å². The van der Waals surface area contributed by atoms with E-state index in [9.17, 15) is 14.3 Å². The highest BCUT2D eigenvalue weighted by atomic mass is 19.1. The summed E-state index contributed by atoms with van der Waals surface area (Å²) in [6, 6.07) is 4.65. The van der Waals surface area contributed by atoms with Gasteiger partial charge in [0.1, 0.15) is 5.82 Å². The van der Waals surface area contributed by atoms with Gasteiger partial charge in [0.15, 0.2) is 6.10 Å². The number of nitrogens with zero attached hydrogens (tertiary/aromatic N) is 2. The van der Waals surface area contributed by atoms with Crippen LogP contribution >= 0.6 is 0 Å². The van der Waals surface area contributed by atoms with Gasteiger partial charge < -0.3 is 20.1 Å². The molecule has 6 nitrogen and oxygen atoms in total. The molecule has 112 valence electrons. The maximum atomic E-state index is 14.2. The van der Waals surface area contributed by atoms with Crippen molar-refractivity contribution in [1.82, 2.24) is 0 Å². The van der Waals surface area contributed by atoms with Gasteiger partial charge in [-0.2, -0.15) is 5.26 Å². The molecule has 0 aliphatic carbocycles. The Bertz CT molecular complexity index is 586. The molecule has 1 aliphatic heterocycles. The highest BCUT2D eigenvalue weighted by molar-refractivity contribution is 6.02. The average molecular weight is 293 g/mol. The molecule has 1 amide bonds. The molecular weight excluding hydrogens is 277 g/mol. The molecule has 0 bridgehead atoms. The minimum atomic E-state index is -1.34. The molecule has 1 heterocycles. The predicted octanol–water partition coefficient (Wildman–Crippen LogP) is 1.18. The van der Waals surface area contributed by atoms with Crippen molar-refractivity contribution in [3.63, 3.8) is 0 Å². The van der Waals surface area contributed by atoms with Crippen LogP contribution in [0.3, 0.4) is 0 Å². The van der Waals surface area contributed by atoms with Gasteiger partial charge in [0.2, 0.25) is 0 Å². The number of hydrogen-bond acceptors (Lipinski definition) is 5. The van der Waals surface area contributed by atoms with E-state index >= 15 is 0 Å². The Morgan fingerprint density at radius 3 is 2.95 bits per heavy atom. The van der Waals surface area contributed by atoms with E-state index in [4.69, 9.17) is 10.00 Å². The number of halogens is 1. The number of fused-ring (bicyclic) bond motifs is 1. The molecule has 2 rings (SSSR count). The van der Waals surface area contributed by atoms with Crippen LogP contribution in [0.15, 0.2) is 12.1 Å². The summed E-state index contributed by atoms with van der Waals surface area (Å²) in [5, 5.41) is 20.8. The van der Waals surface area contributed by atoms with Gasteiger partial charge in [0, 0.05) is 31.5 Å². The zero-order chi connectivity index (χ0) is 15.4. The second-order valence-electron chi connectivity index (χ2n) is 4.67. The van der Waals surface area contributed by atoms with Crippen LogP contribution in [0, 0.1) is 17.1 Å². The Kier molecular flexibility index (Phi) is 4.73.